The molecule has 9 nitrogen and oxygen atoms in total. The van der Waals surface area contributed by atoms with Gasteiger partial charge in [-0.05, 0) is 24.3 Å². The van der Waals surface area contributed by atoms with Crippen LogP contribution in [0.4, 0.5) is 30.2 Å². The number of alkyl halides is 2. The molecular weight excluding hydrogens is 534 g/mol. The van der Waals surface area contributed by atoms with Gasteiger partial charge in [0.1, 0.15) is 5.82 Å². The molecule has 0 amide bonds. The highest BCUT2D eigenvalue weighted by Crippen LogP contribution is 2.38. The van der Waals surface area contributed by atoms with Gasteiger partial charge in [0.15, 0.2) is 0 Å². The van der Waals surface area contributed by atoms with E-state index in [1.807, 2.05) is 0 Å². The Labute approximate surface area is 207 Å². The molecule has 4 rings (SSSR count). The molecule has 15 heteroatoms. The van der Waals surface area contributed by atoms with Crippen molar-refractivity contribution in [2.24, 2.45) is 13.0 Å². The summed E-state index contributed by atoms with van der Waals surface area (Å²) in [6.45, 7) is -3.26. The maximum atomic E-state index is 14.6. The number of hydrogen-bond donors (Lipinski definition) is 2. The van der Waals surface area contributed by atoms with E-state index in [1.165, 1.54) is 30.1 Å². The fourth-order valence-electron chi connectivity index (χ4n) is 3.47. The lowest BCUT2D eigenvalue weighted by molar-refractivity contribution is -0.145. The predicted octanol–water partition coefficient (Wildman–Crippen LogP) is 3.95. The summed E-state index contributed by atoms with van der Waals surface area (Å²) in [5.74, 6) is -1.18. The Morgan fingerprint density at radius 3 is 2.54 bits per heavy atom. The highest BCUT2D eigenvalue weighted by Gasteiger charge is 2.36. The molecule has 0 spiro atoms. The number of nitrogens with one attached hydrogen (secondary N) is 2. The Balaban J connectivity index is 1.57. The van der Waals surface area contributed by atoms with Crippen LogP contribution in [0.5, 0.6) is 0 Å². The molecule has 0 unspecified atom stereocenters. The lowest BCUT2D eigenvalue weighted by Crippen LogP contribution is -2.53. The van der Waals surface area contributed by atoms with Crippen molar-refractivity contribution < 1.29 is 26.3 Å². The normalized spacial score (nSPS) is 14.9. The third-order valence-electron chi connectivity index (χ3n) is 5.34. The van der Waals surface area contributed by atoms with Crippen LogP contribution in [-0.4, -0.2) is 48.6 Å². The Kier molecular flexibility index (Phi) is 7.16. The van der Waals surface area contributed by atoms with Gasteiger partial charge in [-0.2, -0.15) is 21.5 Å². The second-order valence-electron chi connectivity index (χ2n) is 7.77. The first-order chi connectivity index (χ1) is 16.5. The lowest BCUT2D eigenvalue weighted by Gasteiger charge is -2.37. The van der Waals surface area contributed by atoms with E-state index in [2.05, 4.69) is 19.8 Å². The molecule has 2 heterocycles. The number of hydrogen-bond acceptors (Lipinski definition) is 6. The van der Waals surface area contributed by atoms with Gasteiger partial charge in [-0.1, -0.05) is 23.2 Å². The van der Waals surface area contributed by atoms with Gasteiger partial charge >= 0.3 is 16.8 Å². The maximum absolute atomic E-state index is 14.6. The van der Waals surface area contributed by atoms with Crippen LogP contribution in [-0.2, 0) is 22.0 Å². The summed E-state index contributed by atoms with van der Waals surface area (Å²) in [4.78, 5) is 16.6. The van der Waals surface area contributed by atoms with E-state index in [0.717, 1.165) is 16.4 Å². The molecule has 35 heavy (non-hydrogen) atoms. The number of anilines is 3. The van der Waals surface area contributed by atoms with Crippen LogP contribution in [0.25, 0.3) is 10.9 Å². The van der Waals surface area contributed by atoms with Crippen LogP contribution in [0, 0.1) is 11.7 Å². The van der Waals surface area contributed by atoms with Crippen LogP contribution < -0.4 is 15.6 Å². The molecule has 2 N–H and O–H groups in total. The third kappa shape index (κ3) is 5.19. The van der Waals surface area contributed by atoms with Gasteiger partial charge in [0, 0.05) is 26.1 Å². The van der Waals surface area contributed by atoms with Crippen LogP contribution in [0.2, 0.25) is 10.0 Å². The van der Waals surface area contributed by atoms with Crippen molar-refractivity contribution in [3.05, 3.63) is 56.8 Å². The minimum atomic E-state index is -4.09. The maximum Gasteiger partial charge on any atom is 0.345 e. The molecule has 0 aliphatic carbocycles. The Bertz CT molecular complexity index is 1450. The molecular formula is C20H18Cl2F3N5O4S. The molecule has 0 saturated carbocycles. The monoisotopic (exact) mass is 551 g/mol. The molecule has 188 valence electrons. The molecule has 0 bridgehead atoms. The number of ether oxygens (including phenoxy) is 1. The predicted molar refractivity (Wildman–Crippen MR) is 126 cm³/mol. The summed E-state index contributed by atoms with van der Waals surface area (Å²) in [5.41, 5.74) is -0.334. The molecule has 1 aliphatic rings. The van der Waals surface area contributed by atoms with Gasteiger partial charge in [0.05, 0.1) is 50.9 Å². The summed E-state index contributed by atoms with van der Waals surface area (Å²) in [6.07, 6.45) is 1.34. The average molecular weight is 552 g/mol. The second-order valence-corrected chi connectivity index (χ2v) is 10.2. The highest BCUT2D eigenvalue weighted by atomic mass is 35.5. The first kappa shape index (κ1) is 25.5. The van der Waals surface area contributed by atoms with E-state index < -0.39 is 28.2 Å². The molecule has 1 aromatic heterocycles. The Hall–Kier alpha value is -2.58. The standard InChI is InChI=1S/C20H18Cl2F3N5O4S/c1-29-9-26-12-4-5-13(16(21)15(12)19(29)31)27-18-11(23)2-3-14(17(18)22)28-35(32,33)30-6-10(7-30)8-34-20(24)25/h2-5,9-10,20,27-28H,6-8H2,1H3. The quantitative estimate of drug-likeness (QED) is 0.439. The fraction of sp³-hybridized carbons (Fsp3) is 0.300. The molecule has 2 aromatic carbocycles. The number of aromatic nitrogens is 2. The van der Waals surface area contributed by atoms with Crippen LogP contribution in [0.15, 0.2) is 35.4 Å². The summed E-state index contributed by atoms with van der Waals surface area (Å²) >= 11 is 12.7. The van der Waals surface area contributed by atoms with Gasteiger partial charge in [0.2, 0.25) is 0 Å². The summed E-state index contributed by atoms with van der Waals surface area (Å²) in [5, 5.41) is 2.52. The zero-order valence-corrected chi connectivity index (χ0v) is 20.3. The smallest absolute Gasteiger partial charge is 0.345 e. The van der Waals surface area contributed by atoms with Crippen molar-refractivity contribution in [1.82, 2.24) is 13.9 Å². The molecule has 1 fully saturated rings. The van der Waals surface area contributed by atoms with Crippen molar-refractivity contribution in [2.45, 2.75) is 6.61 Å². The van der Waals surface area contributed by atoms with Gasteiger partial charge < -0.3 is 14.6 Å². The van der Waals surface area contributed by atoms with Crippen LogP contribution >= 0.6 is 23.2 Å². The largest absolute Gasteiger partial charge is 0.351 e. The first-order valence-electron chi connectivity index (χ1n) is 10.0. The number of fused-ring (bicyclic) bond motifs is 1. The minimum Gasteiger partial charge on any atom is -0.351 e. The zero-order valence-electron chi connectivity index (χ0n) is 17.9. The van der Waals surface area contributed by atoms with Crippen LogP contribution in [0.3, 0.4) is 0 Å². The van der Waals surface area contributed by atoms with Crippen molar-refractivity contribution in [3.63, 3.8) is 0 Å². The Morgan fingerprint density at radius 1 is 1.17 bits per heavy atom. The number of aryl methyl sites for hydroxylation is 1. The first-order valence-corrected chi connectivity index (χ1v) is 12.2. The topological polar surface area (TPSA) is 106 Å². The van der Waals surface area contributed by atoms with Crippen molar-refractivity contribution in [1.29, 1.82) is 0 Å². The van der Waals surface area contributed by atoms with Gasteiger partial charge in [-0.3, -0.25) is 9.52 Å². The Morgan fingerprint density at radius 2 is 1.86 bits per heavy atom. The molecule has 0 radical (unpaired) electrons. The molecule has 1 aliphatic heterocycles. The minimum absolute atomic E-state index is 0.0183. The van der Waals surface area contributed by atoms with E-state index in [9.17, 15) is 26.4 Å². The van der Waals surface area contributed by atoms with Crippen molar-refractivity contribution in [2.75, 3.05) is 29.7 Å². The fourth-order valence-corrected chi connectivity index (χ4v) is 5.45. The summed E-state index contributed by atoms with van der Waals surface area (Å²) in [7, 11) is -2.59. The SMILES string of the molecule is Cn1cnc2ccc(Nc3c(F)ccc(NS(=O)(=O)N4CC(COC(F)F)C4)c3Cl)c(Cl)c2c1=O. The number of halogens is 5. The number of nitrogens with zero attached hydrogens (tertiary/aromatic N) is 3. The molecule has 3 aromatic rings. The van der Waals surface area contributed by atoms with E-state index >= 15 is 0 Å². The van der Waals surface area contributed by atoms with Gasteiger partial charge in [0.25, 0.3) is 5.56 Å². The summed E-state index contributed by atoms with van der Waals surface area (Å²) < 4.78 is 72.9. The average Bonchev–Trinajstić information content (AvgIpc) is 2.75. The lowest BCUT2D eigenvalue weighted by atomic mass is 10.1. The van der Waals surface area contributed by atoms with Crippen LogP contribution in [0.1, 0.15) is 0 Å². The van der Waals surface area contributed by atoms with E-state index in [4.69, 9.17) is 23.2 Å². The number of rotatable bonds is 8. The highest BCUT2D eigenvalue weighted by molar-refractivity contribution is 7.90. The molecule has 0 atom stereocenters. The van der Waals surface area contributed by atoms with E-state index in [1.54, 1.807) is 0 Å². The van der Waals surface area contributed by atoms with E-state index in [-0.39, 0.29) is 58.1 Å². The van der Waals surface area contributed by atoms with Gasteiger partial charge in [-0.15, -0.1) is 0 Å². The second kappa shape index (κ2) is 9.82. The van der Waals surface area contributed by atoms with E-state index in [0.29, 0.717) is 5.52 Å². The van der Waals surface area contributed by atoms with Crippen molar-refractivity contribution in [3.8, 4) is 0 Å². The zero-order chi connectivity index (χ0) is 25.5. The molecule has 1 saturated heterocycles. The summed E-state index contributed by atoms with van der Waals surface area (Å²) in [6, 6.07) is 5.13. The van der Waals surface area contributed by atoms with Gasteiger partial charge in [-0.25, -0.2) is 9.37 Å². The number of benzene rings is 2. The third-order valence-corrected chi connectivity index (χ3v) is 7.58. The van der Waals surface area contributed by atoms with Crippen molar-refractivity contribution >= 4 is 61.4 Å².